The van der Waals surface area contributed by atoms with Gasteiger partial charge in [0, 0.05) is 26.1 Å². The SMILES string of the molecule is CC[C@H](C)c1noc([C@H]2CCCN(C(=O)COC)C2)n1. The molecule has 1 saturated heterocycles. The standard InChI is InChI=1S/C14H23N3O3/c1-4-10(2)13-15-14(20-16-13)11-6-5-7-17(8-11)12(18)9-19-3/h10-11H,4-9H2,1-3H3/t10-,11-/m0/s1. The van der Waals surface area contributed by atoms with Crippen LogP contribution in [-0.2, 0) is 9.53 Å². The summed E-state index contributed by atoms with van der Waals surface area (Å²) >= 11 is 0. The van der Waals surface area contributed by atoms with Crippen LogP contribution in [0.15, 0.2) is 4.52 Å². The van der Waals surface area contributed by atoms with Gasteiger partial charge in [0.1, 0.15) is 6.61 Å². The van der Waals surface area contributed by atoms with Gasteiger partial charge in [0.15, 0.2) is 5.82 Å². The molecule has 2 atom stereocenters. The molecule has 0 N–H and O–H groups in total. The largest absolute Gasteiger partial charge is 0.375 e. The number of piperidine rings is 1. The van der Waals surface area contributed by atoms with E-state index in [2.05, 4.69) is 24.0 Å². The Morgan fingerprint density at radius 2 is 2.40 bits per heavy atom. The van der Waals surface area contributed by atoms with E-state index >= 15 is 0 Å². The van der Waals surface area contributed by atoms with Crippen LogP contribution in [0.5, 0.6) is 0 Å². The molecule has 6 heteroatoms. The Kier molecular flexibility index (Phi) is 5.11. The van der Waals surface area contributed by atoms with Gasteiger partial charge in [-0.3, -0.25) is 4.79 Å². The van der Waals surface area contributed by atoms with Gasteiger partial charge in [-0.05, 0) is 19.3 Å². The molecule has 20 heavy (non-hydrogen) atoms. The van der Waals surface area contributed by atoms with Gasteiger partial charge in [-0.25, -0.2) is 0 Å². The third-order valence-corrected chi connectivity index (χ3v) is 3.90. The minimum absolute atomic E-state index is 0.0267. The van der Waals surface area contributed by atoms with Crippen molar-refractivity contribution in [1.29, 1.82) is 0 Å². The van der Waals surface area contributed by atoms with Gasteiger partial charge < -0.3 is 14.2 Å². The molecule has 0 aromatic carbocycles. The van der Waals surface area contributed by atoms with Crippen LogP contribution in [-0.4, -0.2) is 47.8 Å². The van der Waals surface area contributed by atoms with Gasteiger partial charge in [-0.2, -0.15) is 4.98 Å². The molecular formula is C14H23N3O3. The van der Waals surface area contributed by atoms with Crippen LogP contribution in [0, 0.1) is 0 Å². The van der Waals surface area contributed by atoms with E-state index < -0.39 is 0 Å². The highest BCUT2D eigenvalue weighted by atomic mass is 16.5. The molecule has 2 rings (SSSR count). The third-order valence-electron chi connectivity index (χ3n) is 3.90. The number of carbonyl (C=O) groups is 1. The normalized spacial score (nSPS) is 20.9. The average molecular weight is 281 g/mol. The van der Waals surface area contributed by atoms with Crippen LogP contribution < -0.4 is 0 Å². The summed E-state index contributed by atoms with van der Waals surface area (Å²) in [6, 6.07) is 0. The van der Waals surface area contributed by atoms with E-state index in [1.807, 2.05) is 4.90 Å². The number of ether oxygens (including phenoxy) is 1. The van der Waals surface area contributed by atoms with E-state index in [-0.39, 0.29) is 18.4 Å². The fourth-order valence-corrected chi connectivity index (χ4v) is 2.42. The van der Waals surface area contributed by atoms with Gasteiger partial charge in [0.05, 0.1) is 5.92 Å². The lowest BCUT2D eigenvalue weighted by Gasteiger charge is -2.30. The number of likely N-dealkylation sites (tertiary alicyclic amines) is 1. The smallest absolute Gasteiger partial charge is 0.248 e. The fourth-order valence-electron chi connectivity index (χ4n) is 2.42. The van der Waals surface area contributed by atoms with Gasteiger partial charge in [-0.15, -0.1) is 0 Å². The number of nitrogens with zero attached hydrogens (tertiary/aromatic N) is 3. The van der Waals surface area contributed by atoms with E-state index in [4.69, 9.17) is 9.26 Å². The molecule has 1 amide bonds. The fraction of sp³-hybridized carbons (Fsp3) is 0.786. The first-order valence-electron chi connectivity index (χ1n) is 7.25. The van der Waals surface area contributed by atoms with Crippen LogP contribution in [0.3, 0.4) is 0 Å². The Labute approximate surface area is 119 Å². The molecule has 1 aromatic heterocycles. The van der Waals surface area contributed by atoms with E-state index in [1.165, 1.54) is 7.11 Å². The van der Waals surface area contributed by atoms with Gasteiger partial charge in [0.25, 0.3) is 0 Å². The first kappa shape index (κ1) is 15.0. The Morgan fingerprint density at radius 1 is 1.60 bits per heavy atom. The molecular weight excluding hydrogens is 258 g/mol. The van der Waals surface area contributed by atoms with E-state index in [9.17, 15) is 4.79 Å². The Bertz CT molecular complexity index is 447. The summed E-state index contributed by atoms with van der Waals surface area (Å²) in [5.74, 6) is 1.91. The molecule has 0 bridgehead atoms. The predicted molar refractivity (Wildman–Crippen MR) is 73.4 cm³/mol. The summed E-state index contributed by atoms with van der Waals surface area (Å²) in [6.07, 6.45) is 2.93. The van der Waals surface area contributed by atoms with Gasteiger partial charge in [-0.1, -0.05) is 19.0 Å². The van der Waals surface area contributed by atoms with Crippen LogP contribution in [0.4, 0.5) is 0 Å². The van der Waals surface area contributed by atoms with Gasteiger partial charge in [0.2, 0.25) is 11.8 Å². The lowest BCUT2D eigenvalue weighted by molar-refractivity contribution is -0.136. The van der Waals surface area contributed by atoms with E-state index in [0.717, 1.165) is 31.6 Å². The van der Waals surface area contributed by atoms with Crippen LogP contribution in [0.25, 0.3) is 0 Å². The molecule has 1 aliphatic heterocycles. The van der Waals surface area contributed by atoms with E-state index in [1.54, 1.807) is 0 Å². The Morgan fingerprint density at radius 3 is 3.10 bits per heavy atom. The summed E-state index contributed by atoms with van der Waals surface area (Å²) in [5.41, 5.74) is 0. The van der Waals surface area contributed by atoms with Crippen LogP contribution in [0.2, 0.25) is 0 Å². The molecule has 2 heterocycles. The summed E-state index contributed by atoms with van der Waals surface area (Å²) in [6.45, 7) is 5.75. The Hall–Kier alpha value is -1.43. The zero-order valence-electron chi connectivity index (χ0n) is 12.5. The lowest BCUT2D eigenvalue weighted by Crippen LogP contribution is -2.40. The summed E-state index contributed by atoms with van der Waals surface area (Å²) < 4.78 is 10.3. The van der Waals surface area contributed by atoms with Gasteiger partial charge >= 0.3 is 0 Å². The van der Waals surface area contributed by atoms with Crippen molar-refractivity contribution < 1.29 is 14.1 Å². The first-order valence-corrected chi connectivity index (χ1v) is 7.25. The summed E-state index contributed by atoms with van der Waals surface area (Å²) in [4.78, 5) is 18.2. The average Bonchev–Trinajstić information content (AvgIpc) is 2.96. The van der Waals surface area contributed by atoms with Crippen molar-refractivity contribution >= 4 is 5.91 Å². The first-order chi connectivity index (χ1) is 9.65. The molecule has 1 fully saturated rings. The minimum Gasteiger partial charge on any atom is -0.375 e. The van der Waals surface area contributed by atoms with Crippen molar-refractivity contribution in [1.82, 2.24) is 15.0 Å². The molecule has 0 saturated carbocycles. The molecule has 6 nitrogen and oxygen atoms in total. The Balaban J connectivity index is 2.01. The van der Waals surface area contributed by atoms with Crippen LogP contribution >= 0.6 is 0 Å². The van der Waals surface area contributed by atoms with Crippen molar-refractivity contribution in [2.75, 3.05) is 26.8 Å². The lowest BCUT2D eigenvalue weighted by atomic mass is 9.98. The van der Waals surface area contributed by atoms with E-state index in [0.29, 0.717) is 18.4 Å². The number of rotatable bonds is 5. The quantitative estimate of drug-likeness (QED) is 0.825. The maximum absolute atomic E-state index is 11.9. The summed E-state index contributed by atoms with van der Waals surface area (Å²) in [7, 11) is 1.54. The number of carbonyl (C=O) groups excluding carboxylic acids is 1. The van der Waals surface area contributed by atoms with Crippen molar-refractivity contribution in [2.24, 2.45) is 0 Å². The maximum Gasteiger partial charge on any atom is 0.248 e. The maximum atomic E-state index is 11.9. The molecule has 112 valence electrons. The van der Waals surface area contributed by atoms with Crippen molar-refractivity contribution in [3.05, 3.63) is 11.7 Å². The molecule has 1 aromatic rings. The zero-order chi connectivity index (χ0) is 14.5. The molecule has 1 aliphatic rings. The molecule has 0 aliphatic carbocycles. The molecule has 0 radical (unpaired) electrons. The number of amides is 1. The second-order valence-corrected chi connectivity index (χ2v) is 5.41. The highest BCUT2D eigenvalue weighted by Gasteiger charge is 2.28. The van der Waals surface area contributed by atoms with Crippen molar-refractivity contribution in [3.8, 4) is 0 Å². The van der Waals surface area contributed by atoms with Crippen LogP contribution in [0.1, 0.15) is 56.7 Å². The highest BCUT2D eigenvalue weighted by molar-refractivity contribution is 5.77. The molecule has 0 unspecified atom stereocenters. The predicted octanol–water partition coefficient (Wildman–Crippen LogP) is 1.94. The second kappa shape index (κ2) is 6.83. The minimum atomic E-state index is 0.0267. The number of hydrogen-bond donors (Lipinski definition) is 0. The number of hydrogen-bond acceptors (Lipinski definition) is 5. The number of methoxy groups -OCH3 is 1. The van der Waals surface area contributed by atoms with Crippen molar-refractivity contribution in [2.45, 2.75) is 44.9 Å². The molecule has 0 spiro atoms. The highest BCUT2D eigenvalue weighted by Crippen LogP contribution is 2.27. The number of aromatic nitrogens is 2. The second-order valence-electron chi connectivity index (χ2n) is 5.41. The third kappa shape index (κ3) is 3.36. The van der Waals surface area contributed by atoms with Crippen molar-refractivity contribution in [3.63, 3.8) is 0 Å². The summed E-state index contributed by atoms with van der Waals surface area (Å²) in [5, 5.41) is 4.05. The zero-order valence-corrected chi connectivity index (χ0v) is 12.5. The topological polar surface area (TPSA) is 68.5 Å². The monoisotopic (exact) mass is 281 g/mol.